The van der Waals surface area contributed by atoms with Crippen LogP contribution in [-0.2, 0) is 0 Å². The highest BCUT2D eigenvalue weighted by Gasteiger charge is 2.21. The fourth-order valence-corrected chi connectivity index (χ4v) is 2.68. The molecule has 0 aliphatic heterocycles. The van der Waals surface area contributed by atoms with Crippen LogP contribution in [0.5, 0.6) is 0 Å². The van der Waals surface area contributed by atoms with Gasteiger partial charge >= 0.3 is 0 Å². The number of hydrogen-bond acceptors (Lipinski definition) is 3. The Balaban J connectivity index is 2.59. The van der Waals surface area contributed by atoms with E-state index in [0.29, 0.717) is 26.4 Å². The monoisotopic (exact) mass is 343 g/mol. The maximum Gasteiger partial charge on any atom is 0.129 e. The Labute approximate surface area is 124 Å². The van der Waals surface area contributed by atoms with Gasteiger partial charge in [0, 0.05) is 21.8 Å². The molecule has 0 amide bonds. The number of benzene rings is 1. The van der Waals surface area contributed by atoms with Crippen LogP contribution in [0.3, 0.4) is 0 Å². The van der Waals surface area contributed by atoms with Gasteiger partial charge in [-0.2, -0.15) is 0 Å². The highest BCUT2D eigenvalue weighted by Crippen LogP contribution is 2.33. The van der Waals surface area contributed by atoms with Crippen LogP contribution in [0.4, 0.5) is 10.2 Å². The van der Waals surface area contributed by atoms with E-state index in [9.17, 15) is 4.39 Å². The number of halogens is 3. The van der Waals surface area contributed by atoms with Crippen molar-refractivity contribution in [3.05, 3.63) is 56.9 Å². The number of anilines is 1. The number of aromatic nitrogens is 1. The molecular formula is C13H12BrClFN3. The quantitative estimate of drug-likeness (QED) is 0.895. The Morgan fingerprint density at radius 3 is 2.84 bits per heavy atom. The fraction of sp³-hybridized carbons (Fsp3) is 0.154. The molecule has 1 heterocycles. The minimum atomic E-state index is -0.429. The molecule has 1 aromatic heterocycles. The smallest absolute Gasteiger partial charge is 0.129 e. The third-order valence-corrected chi connectivity index (χ3v) is 3.70. The largest absolute Gasteiger partial charge is 0.383 e. The lowest BCUT2D eigenvalue weighted by Crippen LogP contribution is -2.21. The van der Waals surface area contributed by atoms with Gasteiger partial charge in [-0.3, -0.25) is 0 Å². The van der Waals surface area contributed by atoms with E-state index >= 15 is 0 Å². The lowest BCUT2D eigenvalue weighted by Gasteiger charge is -2.20. The Morgan fingerprint density at radius 1 is 1.47 bits per heavy atom. The van der Waals surface area contributed by atoms with Gasteiger partial charge in [-0.1, -0.05) is 33.6 Å². The first-order valence-electron chi connectivity index (χ1n) is 5.56. The molecule has 2 aromatic rings. The second-order valence-electron chi connectivity index (χ2n) is 3.99. The van der Waals surface area contributed by atoms with Crippen LogP contribution in [0.2, 0.25) is 5.02 Å². The standard InChI is InChI=1S/C13H12BrClFN3/c1-18-12(8-5-7(15)6-19-13(8)17)11-9(14)3-2-4-10(11)16/h2-6,12,18H,1H3,(H2,17,19). The molecule has 1 unspecified atom stereocenters. The highest BCUT2D eigenvalue weighted by atomic mass is 79.9. The van der Waals surface area contributed by atoms with Crippen molar-refractivity contribution < 1.29 is 4.39 Å². The molecule has 0 radical (unpaired) electrons. The molecule has 0 aliphatic rings. The van der Waals surface area contributed by atoms with Crippen LogP contribution in [0, 0.1) is 5.82 Å². The molecule has 19 heavy (non-hydrogen) atoms. The summed E-state index contributed by atoms with van der Waals surface area (Å²) in [4.78, 5) is 4.00. The van der Waals surface area contributed by atoms with Crippen molar-refractivity contribution in [2.45, 2.75) is 6.04 Å². The average molecular weight is 345 g/mol. The molecular weight excluding hydrogens is 333 g/mol. The molecule has 3 nitrogen and oxygen atoms in total. The number of nitrogens with two attached hydrogens (primary N) is 1. The first-order valence-corrected chi connectivity index (χ1v) is 6.73. The summed E-state index contributed by atoms with van der Waals surface area (Å²) >= 11 is 9.29. The minimum Gasteiger partial charge on any atom is -0.383 e. The van der Waals surface area contributed by atoms with Crippen LogP contribution in [0.1, 0.15) is 17.2 Å². The number of rotatable bonds is 3. The number of pyridine rings is 1. The lowest BCUT2D eigenvalue weighted by molar-refractivity contribution is 0.574. The number of hydrogen-bond donors (Lipinski definition) is 2. The van der Waals surface area contributed by atoms with Crippen molar-refractivity contribution in [2.24, 2.45) is 0 Å². The maximum atomic E-state index is 14.0. The van der Waals surface area contributed by atoms with Gasteiger partial charge in [0.15, 0.2) is 0 Å². The summed E-state index contributed by atoms with van der Waals surface area (Å²) < 4.78 is 14.7. The van der Waals surface area contributed by atoms with E-state index < -0.39 is 6.04 Å². The molecule has 6 heteroatoms. The van der Waals surface area contributed by atoms with E-state index in [2.05, 4.69) is 26.2 Å². The topological polar surface area (TPSA) is 50.9 Å². The van der Waals surface area contributed by atoms with E-state index in [0.717, 1.165) is 0 Å². The zero-order valence-corrected chi connectivity index (χ0v) is 12.5. The minimum absolute atomic E-state index is 0.318. The predicted octanol–water partition coefficient (Wildman–Crippen LogP) is 3.53. The molecule has 100 valence electrons. The Morgan fingerprint density at radius 2 is 2.21 bits per heavy atom. The molecule has 3 N–H and O–H groups in total. The fourth-order valence-electron chi connectivity index (χ4n) is 1.94. The highest BCUT2D eigenvalue weighted by molar-refractivity contribution is 9.10. The van der Waals surface area contributed by atoms with Gasteiger partial charge in [-0.15, -0.1) is 0 Å². The van der Waals surface area contributed by atoms with Crippen LogP contribution in [0.25, 0.3) is 0 Å². The van der Waals surface area contributed by atoms with Gasteiger partial charge in [0.2, 0.25) is 0 Å². The molecule has 2 rings (SSSR count). The summed E-state index contributed by atoms with van der Waals surface area (Å²) in [5.41, 5.74) is 6.97. The van der Waals surface area contributed by atoms with E-state index in [1.807, 2.05) is 0 Å². The summed E-state index contributed by atoms with van der Waals surface area (Å²) in [6.45, 7) is 0. The van der Waals surface area contributed by atoms with Crippen LogP contribution in [0.15, 0.2) is 34.9 Å². The maximum absolute atomic E-state index is 14.0. The second-order valence-corrected chi connectivity index (χ2v) is 5.28. The van der Waals surface area contributed by atoms with Gasteiger partial charge in [-0.25, -0.2) is 9.37 Å². The van der Waals surface area contributed by atoms with E-state index in [1.165, 1.54) is 12.3 Å². The molecule has 1 aromatic carbocycles. The van der Waals surface area contributed by atoms with Crippen molar-refractivity contribution in [1.29, 1.82) is 0 Å². The molecule has 0 fully saturated rings. The third-order valence-electron chi connectivity index (χ3n) is 2.80. The molecule has 0 saturated heterocycles. The molecule has 1 atom stereocenters. The van der Waals surface area contributed by atoms with Crippen molar-refractivity contribution in [1.82, 2.24) is 10.3 Å². The van der Waals surface area contributed by atoms with E-state index in [-0.39, 0.29) is 5.82 Å². The Bertz CT molecular complexity index is 586. The normalized spacial score (nSPS) is 12.4. The predicted molar refractivity (Wildman–Crippen MR) is 78.7 cm³/mol. The van der Waals surface area contributed by atoms with Crippen LogP contribution < -0.4 is 11.1 Å². The first kappa shape index (κ1) is 14.2. The summed E-state index contributed by atoms with van der Waals surface area (Å²) in [6, 6.07) is 6.07. The van der Waals surface area contributed by atoms with Crippen LogP contribution >= 0.6 is 27.5 Å². The first-order chi connectivity index (χ1) is 9.04. The van der Waals surface area contributed by atoms with Gasteiger partial charge < -0.3 is 11.1 Å². The van der Waals surface area contributed by atoms with Gasteiger partial charge in [0.05, 0.1) is 11.1 Å². The molecule has 0 spiro atoms. The van der Waals surface area contributed by atoms with Gasteiger partial charge in [0.1, 0.15) is 11.6 Å². The van der Waals surface area contributed by atoms with Crippen molar-refractivity contribution in [2.75, 3.05) is 12.8 Å². The zero-order chi connectivity index (χ0) is 14.0. The third kappa shape index (κ3) is 2.88. The summed E-state index contributed by atoms with van der Waals surface area (Å²) in [7, 11) is 1.73. The number of nitrogens with one attached hydrogen (secondary N) is 1. The SMILES string of the molecule is CNC(c1cc(Cl)cnc1N)c1c(F)cccc1Br. The molecule has 0 bridgehead atoms. The summed E-state index contributed by atoms with van der Waals surface area (Å²) in [6.07, 6.45) is 1.46. The van der Waals surface area contributed by atoms with Gasteiger partial charge in [-0.05, 0) is 25.2 Å². The van der Waals surface area contributed by atoms with E-state index in [1.54, 1.807) is 25.2 Å². The molecule has 0 aliphatic carbocycles. The lowest BCUT2D eigenvalue weighted by atomic mass is 9.99. The summed E-state index contributed by atoms with van der Waals surface area (Å²) in [5, 5.41) is 3.49. The number of nitrogens with zero attached hydrogens (tertiary/aromatic N) is 1. The van der Waals surface area contributed by atoms with Crippen molar-refractivity contribution in [3.8, 4) is 0 Å². The number of nitrogen functional groups attached to an aromatic ring is 1. The Kier molecular flexibility index (Phi) is 4.39. The second kappa shape index (κ2) is 5.86. The van der Waals surface area contributed by atoms with E-state index in [4.69, 9.17) is 17.3 Å². The van der Waals surface area contributed by atoms with Gasteiger partial charge in [0.25, 0.3) is 0 Å². The average Bonchev–Trinajstić information content (AvgIpc) is 2.37. The van der Waals surface area contributed by atoms with Crippen LogP contribution in [-0.4, -0.2) is 12.0 Å². The summed E-state index contributed by atoms with van der Waals surface area (Å²) in [5.74, 6) is -0.00740. The van der Waals surface area contributed by atoms with Crippen molar-refractivity contribution >= 4 is 33.3 Å². The Hall–Kier alpha value is -1.17. The van der Waals surface area contributed by atoms with Crippen molar-refractivity contribution in [3.63, 3.8) is 0 Å². The zero-order valence-electron chi connectivity index (χ0n) is 10.1. The molecule has 0 saturated carbocycles.